The van der Waals surface area contributed by atoms with Gasteiger partial charge in [0.15, 0.2) is 10.4 Å². The van der Waals surface area contributed by atoms with E-state index in [0.717, 1.165) is 5.56 Å². The second-order valence-corrected chi connectivity index (χ2v) is 3.25. The van der Waals surface area contributed by atoms with Gasteiger partial charge in [0, 0.05) is 11.8 Å². The molecule has 0 amide bonds. The fourth-order valence-electron chi connectivity index (χ4n) is 1.28. The van der Waals surface area contributed by atoms with Crippen LogP contribution in [0, 0.1) is 4.77 Å². The van der Waals surface area contributed by atoms with Crippen LogP contribution < -0.4 is 0 Å². The summed E-state index contributed by atoms with van der Waals surface area (Å²) >= 11 is 5.00. The summed E-state index contributed by atoms with van der Waals surface area (Å²) < 4.78 is 2.27. The van der Waals surface area contributed by atoms with E-state index in [2.05, 4.69) is 10.2 Å². The number of H-pyrrole nitrogens is 1. The Bertz CT molecular complexity index is 485. The number of nitrogens with zero attached hydrogens (tertiary/aromatic N) is 2. The van der Waals surface area contributed by atoms with Crippen molar-refractivity contribution < 1.29 is 5.11 Å². The van der Waals surface area contributed by atoms with Crippen LogP contribution in [0.5, 0.6) is 0 Å². The van der Waals surface area contributed by atoms with Crippen LogP contribution in [0.3, 0.4) is 0 Å². The van der Waals surface area contributed by atoms with Gasteiger partial charge in [-0.05, 0) is 25.2 Å². The zero-order chi connectivity index (χ0) is 9.42. The van der Waals surface area contributed by atoms with Crippen LogP contribution in [-0.4, -0.2) is 19.7 Å². The van der Waals surface area contributed by atoms with Crippen LogP contribution in [0.15, 0.2) is 18.3 Å². The molecule has 4 nitrogen and oxygen atoms in total. The van der Waals surface area contributed by atoms with Gasteiger partial charge in [-0.15, -0.1) is 0 Å². The topological polar surface area (TPSA) is 53.3 Å². The van der Waals surface area contributed by atoms with E-state index < -0.39 is 6.10 Å². The third-order valence-corrected chi connectivity index (χ3v) is 2.21. The summed E-state index contributed by atoms with van der Waals surface area (Å²) in [6.45, 7) is 1.70. The molecule has 1 atom stereocenters. The van der Waals surface area contributed by atoms with E-state index in [9.17, 15) is 5.11 Å². The van der Waals surface area contributed by atoms with Gasteiger partial charge in [0.05, 0.1) is 6.10 Å². The third kappa shape index (κ3) is 1.26. The predicted octanol–water partition coefficient (Wildman–Crippen LogP) is 1.45. The smallest absolute Gasteiger partial charge is 0.199 e. The van der Waals surface area contributed by atoms with Gasteiger partial charge >= 0.3 is 0 Å². The lowest BCUT2D eigenvalue weighted by Gasteiger charge is -2.04. The van der Waals surface area contributed by atoms with Crippen molar-refractivity contribution in [1.29, 1.82) is 0 Å². The first-order valence-corrected chi connectivity index (χ1v) is 4.34. The summed E-state index contributed by atoms with van der Waals surface area (Å²) in [5.74, 6) is 0. The molecule has 0 saturated carbocycles. The predicted molar refractivity (Wildman–Crippen MR) is 51.0 cm³/mol. The van der Waals surface area contributed by atoms with Crippen molar-refractivity contribution in [3.63, 3.8) is 0 Å². The van der Waals surface area contributed by atoms with Crippen molar-refractivity contribution in [3.8, 4) is 0 Å². The van der Waals surface area contributed by atoms with Gasteiger partial charge in [0.1, 0.15) is 0 Å². The zero-order valence-electron chi connectivity index (χ0n) is 7.06. The van der Waals surface area contributed by atoms with Gasteiger partial charge in [-0.1, -0.05) is 6.07 Å². The molecule has 0 aromatic carbocycles. The van der Waals surface area contributed by atoms with Crippen LogP contribution in [0.4, 0.5) is 0 Å². The van der Waals surface area contributed by atoms with E-state index in [4.69, 9.17) is 12.2 Å². The molecule has 0 aliphatic carbocycles. The fourth-order valence-corrected chi connectivity index (χ4v) is 1.47. The first-order valence-electron chi connectivity index (χ1n) is 3.94. The minimum absolute atomic E-state index is 0.533. The lowest BCUT2D eigenvalue weighted by molar-refractivity contribution is 0.200. The van der Waals surface area contributed by atoms with E-state index >= 15 is 0 Å². The maximum atomic E-state index is 9.43. The lowest BCUT2D eigenvalue weighted by atomic mass is 10.2. The number of fused-ring (bicyclic) bond motifs is 1. The van der Waals surface area contributed by atoms with Crippen molar-refractivity contribution in [2.75, 3.05) is 0 Å². The summed E-state index contributed by atoms with van der Waals surface area (Å²) in [6, 6.07) is 3.66. The van der Waals surface area contributed by atoms with Crippen LogP contribution >= 0.6 is 12.2 Å². The van der Waals surface area contributed by atoms with Gasteiger partial charge in [0.25, 0.3) is 0 Å². The standard InChI is InChI=1S/C8H9N3OS/c1-5(12)6-3-2-4-11-7(6)9-10-8(11)13/h2-5,12H,1H3,(H,10,13). The van der Waals surface area contributed by atoms with Crippen molar-refractivity contribution in [2.24, 2.45) is 0 Å². The molecule has 2 aromatic rings. The Kier molecular flexibility index (Phi) is 1.90. The highest BCUT2D eigenvalue weighted by Crippen LogP contribution is 2.16. The molecular formula is C8H9N3OS. The molecule has 1 unspecified atom stereocenters. The molecule has 13 heavy (non-hydrogen) atoms. The Morgan fingerprint density at radius 3 is 3.15 bits per heavy atom. The largest absolute Gasteiger partial charge is 0.389 e. The number of nitrogens with one attached hydrogen (secondary N) is 1. The molecule has 2 heterocycles. The van der Waals surface area contributed by atoms with Gasteiger partial charge in [-0.3, -0.25) is 9.50 Å². The molecule has 0 radical (unpaired) electrons. The Labute approximate surface area is 79.8 Å². The molecule has 0 bridgehead atoms. The summed E-state index contributed by atoms with van der Waals surface area (Å²) in [5, 5.41) is 16.1. The second kappa shape index (κ2) is 2.93. The number of aromatic nitrogens is 3. The van der Waals surface area contributed by atoms with E-state index in [1.165, 1.54) is 0 Å². The maximum Gasteiger partial charge on any atom is 0.199 e. The Balaban J connectivity index is 2.84. The van der Waals surface area contributed by atoms with Crippen molar-refractivity contribution in [2.45, 2.75) is 13.0 Å². The first kappa shape index (κ1) is 8.40. The highest BCUT2D eigenvalue weighted by Gasteiger charge is 2.07. The number of hydrogen-bond acceptors (Lipinski definition) is 3. The van der Waals surface area contributed by atoms with Crippen LogP contribution in [0.1, 0.15) is 18.6 Å². The number of hydrogen-bond donors (Lipinski definition) is 2. The zero-order valence-corrected chi connectivity index (χ0v) is 7.88. The lowest BCUT2D eigenvalue weighted by Crippen LogP contribution is -1.96. The Morgan fingerprint density at radius 1 is 1.69 bits per heavy atom. The first-order chi connectivity index (χ1) is 6.20. The van der Waals surface area contributed by atoms with E-state index in [-0.39, 0.29) is 0 Å². The summed E-state index contributed by atoms with van der Waals surface area (Å²) in [7, 11) is 0. The molecule has 68 valence electrons. The number of aliphatic hydroxyl groups excluding tert-OH is 1. The molecule has 0 aliphatic heterocycles. The highest BCUT2D eigenvalue weighted by atomic mass is 32.1. The molecule has 0 spiro atoms. The molecule has 0 saturated heterocycles. The van der Waals surface area contributed by atoms with Gasteiger partial charge < -0.3 is 5.11 Å². The third-order valence-electron chi connectivity index (χ3n) is 1.92. The van der Waals surface area contributed by atoms with Crippen LogP contribution in [0.2, 0.25) is 0 Å². The van der Waals surface area contributed by atoms with Gasteiger partial charge in [0.2, 0.25) is 0 Å². The molecule has 2 N–H and O–H groups in total. The van der Waals surface area contributed by atoms with Crippen molar-refractivity contribution >= 4 is 17.9 Å². The maximum absolute atomic E-state index is 9.43. The minimum atomic E-state index is -0.533. The average Bonchev–Trinajstić information content (AvgIpc) is 2.48. The summed E-state index contributed by atoms with van der Waals surface area (Å²) in [4.78, 5) is 0. The second-order valence-electron chi connectivity index (χ2n) is 2.86. The SMILES string of the molecule is CC(O)c1cccn2c(=S)[nH]nc12. The Hall–Kier alpha value is -1.20. The molecular weight excluding hydrogens is 186 g/mol. The van der Waals surface area contributed by atoms with Crippen molar-refractivity contribution in [1.82, 2.24) is 14.6 Å². The molecule has 0 fully saturated rings. The number of aliphatic hydroxyl groups is 1. The summed E-state index contributed by atoms with van der Waals surface area (Å²) in [6.07, 6.45) is 1.28. The van der Waals surface area contributed by atoms with Crippen LogP contribution in [-0.2, 0) is 0 Å². The molecule has 5 heteroatoms. The van der Waals surface area contributed by atoms with E-state index in [1.54, 1.807) is 11.3 Å². The van der Waals surface area contributed by atoms with Crippen molar-refractivity contribution in [3.05, 3.63) is 28.7 Å². The van der Waals surface area contributed by atoms with E-state index in [1.807, 2.05) is 18.3 Å². The monoisotopic (exact) mass is 195 g/mol. The average molecular weight is 195 g/mol. The molecule has 0 aliphatic rings. The van der Waals surface area contributed by atoms with Gasteiger partial charge in [-0.2, -0.15) is 5.10 Å². The highest BCUT2D eigenvalue weighted by molar-refractivity contribution is 7.71. The minimum Gasteiger partial charge on any atom is -0.389 e. The van der Waals surface area contributed by atoms with Gasteiger partial charge in [-0.25, -0.2) is 0 Å². The normalized spacial score (nSPS) is 13.4. The Morgan fingerprint density at radius 2 is 2.46 bits per heavy atom. The molecule has 2 aromatic heterocycles. The van der Waals surface area contributed by atoms with Crippen LogP contribution in [0.25, 0.3) is 5.65 Å². The number of rotatable bonds is 1. The quantitative estimate of drug-likeness (QED) is 0.677. The summed E-state index contributed by atoms with van der Waals surface area (Å²) in [5.41, 5.74) is 1.46. The number of pyridine rings is 1. The molecule has 2 rings (SSSR count). The van der Waals surface area contributed by atoms with E-state index in [0.29, 0.717) is 10.4 Å². The fraction of sp³-hybridized carbons (Fsp3) is 0.250. The number of aromatic amines is 1.